The summed E-state index contributed by atoms with van der Waals surface area (Å²) in [5.74, 6) is -0.299. The minimum absolute atomic E-state index is 0. The van der Waals surface area contributed by atoms with Crippen molar-refractivity contribution in [1.82, 2.24) is 9.78 Å². The van der Waals surface area contributed by atoms with E-state index in [4.69, 9.17) is 10.5 Å². The summed E-state index contributed by atoms with van der Waals surface area (Å²) in [6, 6.07) is 5.73. The highest BCUT2D eigenvalue weighted by Crippen LogP contribution is 2.21. The van der Waals surface area contributed by atoms with E-state index in [0.29, 0.717) is 18.7 Å². The van der Waals surface area contributed by atoms with E-state index in [1.165, 1.54) is 0 Å². The Hall–Kier alpha value is -1.59. The lowest BCUT2D eigenvalue weighted by atomic mass is 10.1. The third-order valence-electron chi connectivity index (χ3n) is 3.11. The number of ether oxygens (including phenoxy) is 1. The largest absolute Gasteiger partial charge is 0.462 e. The van der Waals surface area contributed by atoms with Gasteiger partial charge in [-0.3, -0.25) is 4.68 Å². The summed E-state index contributed by atoms with van der Waals surface area (Å²) in [6.45, 7) is 4.88. The predicted molar refractivity (Wildman–Crippen MR) is 81.3 cm³/mol. The van der Waals surface area contributed by atoms with Gasteiger partial charge < -0.3 is 10.5 Å². The summed E-state index contributed by atoms with van der Waals surface area (Å²) in [5, 5.41) is 5.31. The molecule has 5 nitrogen and oxygen atoms in total. The lowest BCUT2D eigenvalue weighted by Gasteiger charge is -2.12. The first-order valence-corrected chi connectivity index (χ1v) is 6.51. The van der Waals surface area contributed by atoms with Gasteiger partial charge in [0.1, 0.15) is 0 Å². The lowest BCUT2D eigenvalue weighted by Crippen LogP contribution is -2.12. The van der Waals surface area contributed by atoms with E-state index in [0.717, 1.165) is 17.3 Å². The van der Waals surface area contributed by atoms with Crippen LogP contribution in [0.25, 0.3) is 10.9 Å². The number of benzene rings is 1. The fourth-order valence-corrected chi connectivity index (χ4v) is 2.11. The van der Waals surface area contributed by atoms with E-state index < -0.39 is 0 Å². The molecule has 2 aromatic rings. The number of rotatable bonds is 5. The van der Waals surface area contributed by atoms with E-state index in [9.17, 15) is 4.79 Å². The zero-order valence-electron chi connectivity index (χ0n) is 11.7. The van der Waals surface area contributed by atoms with Gasteiger partial charge in [-0.15, -0.1) is 12.4 Å². The van der Waals surface area contributed by atoms with Crippen molar-refractivity contribution in [2.75, 3.05) is 13.2 Å². The van der Waals surface area contributed by atoms with Crippen LogP contribution < -0.4 is 5.73 Å². The molecule has 1 atom stereocenters. The zero-order valence-corrected chi connectivity index (χ0v) is 12.5. The molecule has 1 aromatic carbocycles. The van der Waals surface area contributed by atoms with Crippen molar-refractivity contribution in [2.24, 2.45) is 5.73 Å². The highest BCUT2D eigenvalue weighted by atomic mass is 35.5. The van der Waals surface area contributed by atoms with Crippen LogP contribution in [0.2, 0.25) is 0 Å². The predicted octanol–water partition coefficient (Wildman–Crippen LogP) is 2.54. The van der Waals surface area contributed by atoms with E-state index in [1.807, 2.05) is 16.8 Å². The number of halogens is 1. The Morgan fingerprint density at radius 2 is 2.25 bits per heavy atom. The Morgan fingerprint density at radius 1 is 1.50 bits per heavy atom. The third-order valence-corrected chi connectivity index (χ3v) is 3.11. The number of aromatic nitrogens is 2. The van der Waals surface area contributed by atoms with Crippen molar-refractivity contribution in [3.05, 3.63) is 30.0 Å². The summed E-state index contributed by atoms with van der Waals surface area (Å²) in [6.07, 6.45) is 2.64. The van der Waals surface area contributed by atoms with Gasteiger partial charge in [0.2, 0.25) is 0 Å². The first kappa shape index (κ1) is 16.5. The number of hydrogen-bond donors (Lipinski definition) is 1. The fraction of sp³-hybridized carbons (Fsp3) is 0.429. The molecule has 1 aromatic heterocycles. The normalized spacial score (nSPS) is 11.9. The van der Waals surface area contributed by atoms with E-state index >= 15 is 0 Å². The van der Waals surface area contributed by atoms with E-state index in [-0.39, 0.29) is 24.4 Å². The second-order valence-electron chi connectivity index (χ2n) is 4.51. The average Bonchev–Trinajstić information content (AvgIpc) is 2.82. The van der Waals surface area contributed by atoms with E-state index in [1.54, 1.807) is 19.2 Å². The molecule has 0 radical (unpaired) electrons. The molecule has 20 heavy (non-hydrogen) atoms. The summed E-state index contributed by atoms with van der Waals surface area (Å²) in [5.41, 5.74) is 7.14. The summed E-state index contributed by atoms with van der Waals surface area (Å²) >= 11 is 0. The number of esters is 1. The van der Waals surface area contributed by atoms with Crippen molar-refractivity contribution < 1.29 is 9.53 Å². The molecular formula is C14H20ClN3O2. The SMILES string of the molecule is CCOC(=O)c1ccc2c(cnn2C(C)CCN)c1.Cl. The van der Waals surface area contributed by atoms with Crippen LogP contribution in [0, 0.1) is 0 Å². The molecule has 0 aliphatic carbocycles. The topological polar surface area (TPSA) is 70.1 Å². The molecule has 0 amide bonds. The average molecular weight is 298 g/mol. The zero-order chi connectivity index (χ0) is 13.8. The number of nitrogens with two attached hydrogens (primary N) is 1. The molecule has 2 N–H and O–H groups in total. The Labute approximate surface area is 124 Å². The Balaban J connectivity index is 0.00000200. The summed E-state index contributed by atoms with van der Waals surface area (Å²) < 4.78 is 6.93. The van der Waals surface area contributed by atoms with Crippen molar-refractivity contribution >= 4 is 29.3 Å². The van der Waals surface area contributed by atoms with Crippen LogP contribution in [0.15, 0.2) is 24.4 Å². The van der Waals surface area contributed by atoms with Crippen LogP contribution in [0.3, 0.4) is 0 Å². The molecule has 0 saturated carbocycles. The van der Waals surface area contributed by atoms with Gasteiger partial charge in [0.05, 0.1) is 29.9 Å². The van der Waals surface area contributed by atoms with Crippen LogP contribution in [0.4, 0.5) is 0 Å². The van der Waals surface area contributed by atoms with Gasteiger partial charge in [0.25, 0.3) is 0 Å². The number of hydrogen-bond acceptors (Lipinski definition) is 4. The standard InChI is InChI=1S/C14H19N3O2.ClH/c1-3-19-14(18)11-4-5-13-12(8-11)9-16-17(13)10(2)6-7-15;/h4-5,8-10H,3,6-7,15H2,1-2H3;1H. The van der Waals surface area contributed by atoms with Gasteiger partial charge >= 0.3 is 5.97 Å². The minimum Gasteiger partial charge on any atom is -0.462 e. The van der Waals surface area contributed by atoms with Crippen molar-refractivity contribution in [3.63, 3.8) is 0 Å². The lowest BCUT2D eigenvalue weighted by molar-refractivity contribution is 0.0526. The van der Waals surface area contributed by atoms with Crippen LogP contribution in [0.5, 0.6) is 0 Å². The van der Waals surface area contributed by atoms with Gasteiger partial charge in [-0.2, -0.15) is 5.10 Å². The monoisotopic (exact) mass is 297 g/mol. The number of carbonyl (C=O) groups is 1. The van der Waals surface area contributed by atoms with Gasteiger partial charge in [-0.05, 0) is 45.0 Å². The first-order valence-electron chi connectivity index (χ1n) is 6.51. The molecule has 0 aliphatic rings. The van der Waals surface area contributed by atoms with Crippen LogP contribution in [-0.4, -0.2) is 28.9 Å². The highest BCUT2D eigenvalue weighted by Gasteiger charge is 2.12. The van der Waals surface area contributed by atoms with Gasteiger partial charge in [0.15, 0.2) is 0 Å². The number of fused-ring (bicyclic) bond motifs is 1. The van der Waals surface area contributed by atoms with E-state index in [2.05, 4.69) is 12.0 Å². The number of nitrogens with zero attached hydrogens (tertiary/aromatic N) is 2. The summed E-state index contributed by atoms with van der Waals surface area (Å²) in [7, 11) is 0. The van der Waals surface area contributed by atoms with Gasteiger partial charge in [0, 0.05) is 5.39 Å². The first-order chi connectivity index (χ1) is 9.17. The van der Waals surface area contributed by atoms with Crippen molar-refractivity contribution in [2.45, 2.75) is 26.3 Å². The maximum absolute atomic E-state index is 11.7. The maximum atomic E-state index is 11.7. The molecule has 2 rings (SSSR count). The molecule has 0 fully saturated rings. The van der Waals surface area contributed by atoms with Crippen LogP contribution in [-0.2, 0) is 4.74 Å². The van der Waals surface area contributed by atoms with Crippen molar-refractivity contribution in [3.8, 4) is 0 Å². The molecule has 0 spiro atoms. The smallest absolute Gasteiger partial charge is 0.338 e. The molecule has 1 unspecified atom stereocenters. The second kappa shape index (κ2) is 7.26. The Kier molecular flexibility index (Phi) is 5.98. The second-order valence-corrected chi connectivity index (χ2v) is 4.51. The van der Waals surface area contributed by atoms with Crippen LogP contribution >= 0.6 is 12.4 Å². The third kappa shape index (κ3) is 3.29. The Morgan fingerprint density at radius 3 is 2.90 bits per heavy atom. The molecule has 110 valence electrons. The fourth-order valence-electron chi connectivity index (χ4n) is 2.11. The number of carbonyl (C=O) groups excluding carboxylic acids is 1. The minimum atomic E-state index is -0.299. The maximum Gasteiger partial charge on any atom is 0.338 e. The molecule has 6 heteroatoms. The summed E-state index contributed by atoms with van der Waals surface area (Å²) in [4.78, 5) is 11.7. The van der Waals surface area contributed by atoms with Crippen molar-refractivity contribution in [1.29, 1.82) is 0 Å². The molecule has 0 aliphatic heterocycles. The van der Waals surface area contributed by atoms with Gasteiger partial charge in [-0.25, -0.2) is 4.79 Å². The molecule has 0 saturated heterocycles. The molecule has 1 heterocycles. The van der Waals surface area contributed by atoms with Crippen LogP contribution in [0.1, 0.15) is 36.7 Å². The molecule has 0 bridgehead atoms. The quantitative estimate of drug-likeness (QED) is 0.861. The highest BCUT2D eigenvalue weighted by molar-refractivity contribution is 5.94. The van der Waals surface area contributed by atoms with Gasteiger partial charge in [-0.1, -0.05) is 0 Å². The molecular weight excluding hydrogens is 278 g/mol. The Bertz CT molecular complexity index is 583.